The average Bonchev–Trinajstić information content (AvgIpc) is 2.99. The van der Waals surface area contributed by atoms with E-state index in [2.05, 4.69) is 4.98 Å². The van der Waals surface area contributed by atoms with Crippen molar-refractivity contribution < 1.29 is 14.1 Å². The molecule has 0 bridgehead atoms. The molecule has 0 N–H and O–H groups in total. The third-order valence-electron chi connectivity index (χ3n) is 4.63. The maximum Gasteiger partial charge on any atom is 0.269 e. The van der Waals surface area contributed by atoms with Crippen LogP contribution in [-0.2, 0) is 7.05 Å². The van der Waals surface area contributed by atoms with Crippen molar-refractivity contribution in [1.82, 2.24) is 14.5 Å². The number of hydrogen-bond acceptors (Lipinski definition) is 6. The molecule has 1 atom stereocenters. The molecule has 0 saturated heterocycles. The lowest BCUT2D eigenvalue weighted by molar-refractivity contribution is -0.384. The van der Waals surface area contributed by atoms with Gasteiger partial charge in [0.15, 0.2) is 0 Å². The van der Waals surface area contributed by atoms with Crippen molar-refractivity contribution >= 4 is 22.7 Å². The molecule has 1 aromatic carbocycles. The smallest absolute Gasteiger partial charge is 0.269 e. The van der Waals surface area contributed by atoms with Crippen LogP contribution in [0.5, 0.6) is 0 Å². The topological polar surface area (TPSA) is 111 Å². The van der Waals surface area contributed by atoms with Gasteiger partial charge < -0.3 is 13.9 Å². The molecule has 0 radical (unpaired) electrons. The molecule has 140 valence electrons. The lowest BCUT2D eigenvalue weighted by Crippen LogP contribution is -2.31. The van der Waals surface area contributed by atoms with Crippen LogP contribution in [0.25, 0.3) is 11.1 Å². The summed E-state index contributed by atoms with van der Waals surface area (Å²) in [7, 11) is 3.12. The molecule has 2 aromatic heterocycles. The maximum absolute atomic E-state index is 13.1. The van der Waals surface area contributed by atoms with E-state index in [-0.39, 0.29) is 27.9 Å². The standard InChI is InChI=1S/C18H18N4O5/c1-10(12-6-5-7-13(8-12)22(25)26)21(4)18(24)14-11(2)27-16-15(14)17(23)20(3)9-19-16/h5-10H,1-4H3. The molecule has 0 aliphatic rings. The van der Waals surface area contributed by atoms with Crippen LogP contribution in [0.2, 0.25) is 0 Å². The lowest BCUT2D eigenvalue weighted by Gasteiger charge is -2.25. The van der Waals surface area contributed by atoms with E-state index in [0.29, 0.717) is 11.3 Å². The molecule has 9 nitrogen and oxygen atoms in total. The normalized spacial score (nSPS) is 12.1. The Morgan fingerprint density at radius 3 is 2.78 bits per heavy atom. The Bertz CT molecular complexity index is 1110. The molecular weight excluding hydrogens is 352 g/mol. The summed E-state index contributed by atoms with van der Waals surface area (Å²) >= 11 is 0. The molecule has 27 heavy (non-hydrogen) atoms. The van der Waals surface area contributed by atoms with Crippen LogP contribution in [0, 0.1) is 17.0 Å². The molecule has 3 rings (SSSR count). The molecule has 1 amide bonds. The molecule has 0 spiro atoms. The van der Waals surface area contributed by atoms with E-state index >= 15 is 0 Å². The summed E-state index contributed by atoms with van der Waals surface area (Å²) in [5.74, 6) is -0.126. The summed E-state index contributed by atoms with van der Waals surface area (Å²) < 4.78 is 6.76. The Morgan fingerprint density at radius 2 is 2.11 bits per heavy atom. The van der Waals surface area contributed by atoms with Crippen LogP contribution in [-0.4, -0.2) is 32.3 Å². The Hall–Kier alpha value is -3.49. The first-order valence-corrected chi connectivity index (χ1v) is 8.18. The second kappa shape index (κ2) is 6.67. The number of hydrogen-bond donors (Lipinski definition) is 0. The van der Waals surface area contributed by atoms with Gasteiger partial charge in [0, 0.05) is 26.2 Å². The zero-order valence-corrected chi connectivity index (χ0v) is 15.3. The number of furan rings is 1. The number of carbonyl (C=O) groups excluding carboxylic acids is 1. The quantitative estimate of drug-likeness (QED) is 0.515. The van der Waals surface area contributed by atoms with Gasteiger partial charge in [-0.25, -0.2) is 4.98 Å². The molecule has 0 fully saturated rings. The number of rotatable bonds is 4. The van der Waals surface area contributed by atoms with E-state index in [1.807, 2.05) is 0 Å². The molecule has 0 aliphatic carbocycles. The molecule has 3 aromatic rings. The van der Waals surface area contributed by atoms with Crippen molar-refractivity contribution in [1.29, 1.82) is 0 Å². The fourth-order valence-electron chi connectivity index (χ4n) is 2.92. The molecular formula is C18H18N4O5. The number of benzene rings is 1. The predicted octanol–water partition coefficient (Wildman–Crippen LogP) is 2.58. The first-order valence-electron chi connectivity index (χ1n) is 8.18. The van der Waals surface area contributed by atoms with Crippen LogP contribution in [0.15, 0.2) is 39.8 Å². The van der Waals surface area contributed by atoms with Gasteiger partial charge in [-0.1, -0.05) is 12.1 Å². The summed E-state index contributed by atoms with van der Waals surface area (Å²) in [6.07, 6.45) is 1.33. The van der Waals surface area contributed by atoms with Gasteiger partial charge in [0.25, 0.3) is 17.2 Å². The number of fused-ring (bicyclic) bond motifs is 1. The van der Waals surface area contributed by atoms with E-state index in [0.717, 1.165) is 0 Å². The second-order valence-electron chi connectivity index (χ2n) is 6.32. The van der Waals surface area contributed by atoms with Crippen molar-refractivity contribution in [3.8, 4) is 0 Å². The van der Waals surface area contributed by atoms with Crippen LogP contribution in [0.1, 0.15) is 34.6 Å². The number of carbonyl (C=O) groups is 1. The largest absolute Gasteiger partial charge is 0.442 e. The third kappa shape index (κ3) is 3.07. The van der Waals surface area contributed by atoms with Crippen molar-refractivity contribution in [3.05, 3.63) is 67.9 Å². The van der Waals surface area contributed by atoms with Gasteiger partial charge >= 0.3 is 0 Å². The SMILES string of the molecule is Cc1oc2ncn(C)c(=O)c2c1C(=O)N(C)C(C)c1cccc([N+](=O)[O-])c1. The van der Waals surface area contributed by atoms with Crippen LogP contribution >= 0.6 is 0 Å². The fourth-order valence-corrected chi connectivity index (χ4v) is 2.92. The van der Waals surface area contributed by atoms with E-state index in [1.54, 1.807) is 40.1 Å². The van der Waals surface area contributed by atoms with Gasteiger partial charge in [0.1, 0.15) is 17.5 Å². The van der Waals surface area contributed by atoms with Crippen LogP contribution in [0.4, 0.5) is 5.69 Å². The average molecular weight is 370 g/mol. The minimum Gasteiger partial charge on any atom is -0.442 e. The fraction of sp³-hybridized carbons (Fsp3) is 0.278. The zero-order chi connectivity index (χ0) is 19.9. The highest BCUT2D eigenvalue weighted by molar-refractivity contribution is 6.06. The summed E-state index contributed by atoms with van der Waals surface area (Å²) in [6.45, 7) is 3.35. The number of nitro benzene ring substituents is 1. The summed E-state index contributed by atoms with van der Waals surface area (Å²) in [5.41, 5.74) is 0.435. The van der Waals surface area contributed by atoms with Crippen LogP contribution in [0.3, 0.4) is 0 Å². The van der Waals surface area contributed by atoms with Crippen molar-refractivity contribution in [2.24, 2.45) is 7.05 Å². The highest BCUT2D eigenvalue weighted by Crippen LogP contribution is 2.27. The first-order chi connectivity index (χ1) is 12.7. The highest BCUT2D eigenvalue weighted by Gasteiger charge is 2.28. The van der Waals surface area contributed by atoms with E-state index in [1.165, 1.54) is 27.9 Å². The number of aromatic nitrogens is 2. The van der Waals surface area contributed by atoms with Gasteiger partial charge in [0.05, 0.1) is 16.5 Å². The van der Waals surface area contributed by atoms with Crippen molar-refractivity contribution in [2.75, 3.05) is 7.05 Å². The second-order valence-corrected chi connectivity index (χ2v) is 6.32. The zero-order valence-electron chi connectivity index (χ0n) is 15.3. The van der Waals surface area contributed by atoms with Crippen molar-refractivity contribution in [3.63, 3.8) is 0 Å². The Morgan fingerprint density at radius 1 is 1.41 bits per heavy atom. The van der Waals surface area contributed by atoms with Gasteiger partial charge in [-0.2, -0.15) is 0 Å². The number of non-ortho nitro benzene ring substituents is 1. The number of nitrogens with zero attached hydrogens (tertiary/aromatic N) is 4. The number of aryl methyl sites for hydroxylation is 2. The van der Waals surface area contributed by atoms with Crippen LogP contribution < -0.4 is 5.56 Å². The molecule has 0 saturated carbocycles. The lowest BCUT2D eigenvalue weighted by atomic mass is 10.0. The van der Waals surface area contributed by atoms with Gasteiger partial charge in [-0.3, -0.25) is 19.7 Å². The Balaban J connectivity index is 2.03. The van der Waals surface area contributed by atoms with E-state index < -0.39 is 16.9 Å². The summed E-state index contributed by atoms with van der Waals surface area (Å²) in [4.78, 5) is 41.5. The number of amides is 1. The van der Waals surface area contributed by atoms with E-state index in [4.69, 9.17) is 4.42 Å². The molecule has 2 heterocycles. The van der Waals surface area contributed by atoms with Gasteiger partial charge in [-0.15, -0.1) is 0 Å². The van der Waals surface area contributed by atoms with Crippen molar-refractivity contribution in [2.45, 2.75) is 19.9 Å². The van der Waals surface area contributed by atoms with Gasteiger partial charge in [-0.05, 0) is 19.4 Å². The molecule has 9 heteroatoms. The third-order valence-corrected chi connectivity index (χ3v) is 4.63. The highest BCUT2D eigenvalue weighted by atomic mass is 16.6. The maximum atomic E-state index is 13.1. The summed E-state index contributed by atoms with van der Waals surface area (Å²) in [5, 5.41) is 11.1. The monoisotopic (exact) mass is 370 g/mol. The van der Waals surface area contributed by atoms with E-state index in [9.17, 15) is 19.7 Å². The Labute approximate surface area is 154 Å². The predicted molar refractivity (Wildman–Crippen MR) is 97.6 cm³/mol. The molecule has 1 unspecified atom stereocenters. The Kier molecular flexibility index (Phi) is 4.52. The first kappa shape index (κ1) is 18.3. The minimum atomic E-state index is -0.485. The number of nitro groups is 1. The molecule has 0 aliphatic heterocycles. The summed E-state index contributed by atoms with van der Waals surface area (Å²) in [6, 6.07) is 5.64. The minimum absolute atomic E-state index is 0.0526. The van der Waals surface area contributed by atoms with Gasteiger partial charge in [0.2, 0.25) is 5.71 Å².